The summed E-state index contributed by atoms with van der Waals surface area (Å²) in [6.45, 7) is 16.2. The van der Waals surface area contributed by atoms with Gasteiger partial charge in [-0.15, -0.1) is 0 Å². The minimum absolute atomic E-state index is 0.223. The Morgan fingerprint density at radius 3 is 1.33 bits per heavy atom. The van der Waals surface area contributed by atoms with Crippen LogP contribution in [0.3, 0.4) is 0 Å². The lowest BCUT2D eigenvalue weighted by atomic mass is 9.82. The van der Waals surface area contributed by atoms with Gasteiger partial charge in [0.15, 0.2) is 11.5 Å². The summed E-state index contributed by atoms with van der Waals surface area (Å²) in [7, 11) is 0. The largest absolute Gasteiger partial charge is 0.494 e. The van der Waals surface area contributed by atoms with Crippen molar-refractivity contribution in [3.63, 3.8) is 0 Å². The fraction of sp³-hybridized carbons (Fsp3) is 0.427. The second kappa shape index (κ2) is 41.2. The number of hydrogen-bond donors (Lipinski definition) is 0. The van der Waals surface area contributed by atoms with Crippen molar-refractivity contribution in [2.75, 3.05) is 72.7 Å². The summed E-state index contributed by atoms with van der Waals surface area (Å²) in [6, 6.07) is 41.2. The van der Waals surface area contributed by atoms with Crippen LogP contribution in [0.5, 0.6) is 46.0 Å². The maximum atomic E-state index is 14.0. The molecule has 6 aromatic carbocycles. The second-order valence-corrected chi connectivity index (χ2v) is 25.3. The van der Waals surface area contributed by atoms with E-state index in [1.165, 1.54) is 6.08 Å². The lowest BCUT2D eigenvalue weighted by Gasteiger charge is -2.27. The Labute approximate surface area is 593 Å². The normalized spacial score (nSPS) is 15.7. The van der Waals surface area contributed by atoms with Crippen LogP contribution in [0.4, 0.5) is 0 Å². The van der Waals surface area contributed by atoms with Crippen molar-refractivity contribution in [1.82, 2.24) is 9.97 Å². The van der Waals surface area contributed by atoms with E-state index in [4.69, 9.17) is 66.8 Å². The third-order valence-electron chi connectivity index (χ3n) is 17.6. The number of aromatic nitrogens is 2. The highest BCUT2D eigenvalue weighted by Crippen LogP contribution is 2.39. The number of rotatable bonds is 42. The zero-order valence-electron chi connectivity index (χ0n) is 58.4. The highest BCUT2D eigenvalue weighted by atomic mass is 16.6. The molecule has 19 nitrogen and oxygen atoms in total. The molecule has 9 rings (SSSR count). The first kappa shape index (κ1) is 75.6. The van der Waals surface area contributed by atoms with Crippen molar-refractivity contribution in [3.8, 4) is 79.6 Å². The fourth-order valence-electron chi connectivity index (χ4n) is 12.0. The van der Waals surface area contributed by atoms with Gasteiger partial charge < -0.3 is 56.8 Å². The SMILES string of the molecule is C=CC(=O)OCCCCCCOc1ccc(OC(=O)C2CCC(COc3cccc(-c4nc5cc(-c6ccc(OCCOCCC)c(OCCOCCC)c6)ccc5nc4-c4cccc(OC(=O)C5CCC(C(=O)Oc6ccc(OCCCCCCOC(=O)C=C)cc6)CC5)c4)c3)CC2)cc1. The Hall–Kier alpha value is -9.59. The molecule has 0 saturated heterocycles. The van der Waals surface area contributed by atoms with Crippen molar-refractivity contribution >= 4 is 40.9 Å². The number of fused-ring (bicyclic) bond motifs is 1. The highest BCUT2D eigenvalue weighted by molar-refractivity contribution is 5.90. The highest BCUT2D eigenvalue weighted by Gasteiger charge is 2.33. The smallest absolute Gasteiger partial charge is 0.330 e. The molecule has 2 fully saturated rings. The van der Waals surface area contributed by atoms with E-state index in [2.05, 4.69) is 27.0 Å². The van der Waals surface area contributed by atoms with Gasteiger partial charge >= 0.3 is 29.8 Å². The van der Waals surface area contributed by atoms with Crippen molar-refractivity contribution in [2.45, 2.75) is 129 Å². The molecule has 0 N–H and O–H groups in total. The third kappa shape index (κ3) is 24.6. The Kier molecular flexibility index (Phi) is 30.9. The van der Waals surface area contributed by atoms with Crippen molar-refractivity contribution in [1.29, 1.82) is 0 Å². The predicted octanol–water partition coefficient (Wildman–Crippen LogP) is 16.7. The molecule has 101 heavy (non-hydrogen) atoms. The Morgan fingerprint density at radius 2 is 0.812 bits per heavy atom. The summed E-state index contributed by atoms with van der Waals surface area (Å²) in [5, 5.41) is 0. The van der Waals surface area contributed by atoms with Crippen LogP contribution in [0.1, 0.15) is 129 Å². The summed E-state index contributed by atoms with van der Waals surface area (Å²) < 4.78 is 70.0. The lowest BCUT2D eigenvalue weighted by Crippen LogP contribution is -2.30. The van der Waals surface area contributed by atoms with Gasteiger partial charge in [-0.05, 0) is 230 Å². The van der Waals surface area contributed by atoms with Crippen molar-refractivity contribution in [2.24, 2.45) is 23.7 Å². The Balaban J connectivity index is 0.836. The molecule has 0 spiro atoms. The van der Waals surface area contributed by atoms with E-state index in [1.54, 1.807) is 42.5 Å². The summed E-state index contributed by atoms with van der Waals surface area (Å²) in [4.78, 5) is 73.9. The van der Waals surface area contributed by atoms with E-state index in [1.807, 2.05) is 91.0 Å². The first-order valence-electron chi connectivity index (χ1n) is 35.9. The van der Waals surface area contributed by atoms with Gasteiger partial charge in [-0.2, -0.15) is 0 Å². The summed E-state index contributed by atoms with van der Waals surface area (Å²) >= 11 is 0. The monoisotopic (exact) mass is 1380 g/mol. The van der Waals surface area contributed by atoms with Crippen molar-refractivity contribution < 1.29 is 80.8 Å². The molecule has 0 unspecified atom stereocenters. The number of carbonyl (C=O) groups excluding carboxylic acids is 5. The van der Waals surface area contributed by atoms with Gasteiger partial charge in [0.05, 0.1) is 86.4 Å². The number of unbranched alkanes of at least 4 members (excludes halogenated alkanes) is 6. The summed E-state index contributed by atoms with van der Waals surface area (Å²) in [6.07, 6.45) is 16.0. The van der Waals surface area contributed by atoms with Crippen LogP contribution in [0, 0.1) is 23.7 Å². The average Bonchev–Trinajstić information content (AvgIpc) is 0.770. The van der Waals surface area contributed by atoms with E-state index in [-0.39, 0.29) is 35.7 Å². The first-order valence-corrected chi connectivity index (χ1v) is 35.9. The first-order chi connectivity index (χ1) is 49.4. The molecule has 0 bridgehead atoms. The molecular weight excluding hydrogens is 1280 g/mol. The zero-order chi connectivity index (χ0) is 70.8. The minimum Gasteiger partial charge on any atom is -0.494 e. The molecular formula is C82H96N2O17. The molecule has 0 amide bonds. The molecule has 2 aliphatic rings. The van der Waals surface area contributed by atoms with E-state index < -0.39 is 17.9 Å². The van der Waals surface area contributed by atoms with Gasteiger partial charge in [-0.1, -0.05) is 63.4 Å². The van der Waals surface area contributed by atoms with Crippen molar-refractivity contribution in [3.05, 3.63) is 159 Å². The molecule has 536 valence electrons. The molecule has 0 radical (unpaired) electrons. The number of carbonyl (C=O) groups is 5. The van der Waals surface area contributed by atoms with Gasteiger partial charge in [-0.3, -0.25) is 14.4 Å². The van der Waals surface area contributed by atoms with E-state index >= 15 is 0 Å². The predicted molar refractivity (Wildman–Crippen MR) is 385 cm³/mol. The van der Waals surface area contributed by atoms with Gasteiger partial charge in [0.25, 0.3) is 0 Å². The maximum absolute atomic E-state index is 14.0. The minimum atomic E-state index is -0.413. The molecule has 2 saturated carbocycles. The fourth-order valence-corrected chi connectivity index (χ4v) is 12.0. The topological polar surface area (TPSA) is 222 Å². The molecule has 2 aliphatic carbocycles. The van der Waals surface area contributed by atoms with Crippen LogP contribution >= 0.6 is 0 Å². The standard InChI is InChI=1S/C82H96N2O17/c1-5-43-90-49-51-94-74-42-32-63(56-75(74)95-52-50-91-44-6-2)62-31-41-72-73(55-62)84-79(64-19-17-21-70(53-64)98-57-58-23-25-59(26-24-58)80(87)99-68-37-33-66(34-38-68)92-45-13-9-11-15-47-96-76(85)7-3)78(83-72)65-20-18-22-71(54-65)101-82(89)61-29-27-60(28-30-61)81(88)100-69-39-35-67(36-40-69)93-46-14-10-12-16-48-97-77(86)8-4/h7-8,17-22,31-42,53-56,58-61H,3-6,9-16,23-30,43-52,57H2,1-2H3. The van der Waals surface area contributed by atoms with Gasteiger partial charge in [0.1, 0.15) is 47.7 Å². The number of hydrogen-bond acceptors (Lipinski definition) is 19. The number of ether oxygens (including phenoxy) is 12. The molecule has 1 heterocycles. The third-order valence-corrected chi connectivity index (χ3v) is 17.6. The number of nitrogens with zero attached hydrogens (tertiary/aromatic N) is 2. The summed E-state index contributed by atoms with van der Waals surface area (Å²) in [5.74, 6) is 1.93. The quantitative estimate of drug-likeness (QED) is 0.0150. The van der Waals surface area contributed by atoms with E-state index in [9.17, 15) is 24.0 Å². The van der Waals surface area contributed by atoms with E-state index in [0.717, 1.165) is 99.8 Å². The van der Waals surface area contributed by atoms with E-state index in [0.29, 0.717) is 185 Å². The lowest BCUT2D eigenvalue weighted by molar-refractivity contribution is -0.145. The van der Waals surface area contributed by atoms with Gasteiger partial charge in [0.2, 0.25) is 0 Å². The summed E-state index contributed by atoms with van der Waals surface area (Å²) in [5.41, 5.74) is 5.66. The molecule has 0 aliphatic heterocycles. The second-order valence-electron chi connectivity index (χ2n) is 25.3. The van der Waals surface area contributed by atoms with Crippen LogP contribution in [0.15, 0.2) is 159 Å². The number of esters is 5. The molecule has 7 aromatic rings. The van der Waals surface area contributed by atoms with Crippen LogP contribution < -0.4 is 37.9 Å². The molecule has 1 aromatic heterocycles. The Bertz CT molecular complexity index is 3780. The van der Waals surface area contributed by atoms with Gasteiger partial charge in [0, 0.05) is 36.5 Å². The van der Waals surface area contributed by atoms with Crippen LogP contribution in [-0.4, -0.2) is 112 Å². The number of benzene rings is 6. The molecule has 19 heteroatoms. The van der Waals surface area contributed by atoms with Gasteiger partial charge in [-0.25, -0.2) is 19.6 Å². The van der Waals surface area contributed by atoms with Crippen LogP contribution in [-0.2, 0) is 42.9 Å². The van der Waals surface area contributed by atoms with Crippen LogP contribution in [0.25, 0.3) is 44.7 Å². The maximum Gasteiger partial charge on any atom is 0.330 e. The average molecular weight is 1380 g/mol. The Morgan fingerprint density at radius 1 is 0.376 bits per heavy atom. The molecule has 0 atom stereocenters. The zero-order valence-corrected chi connectivity index (χ0v) is 58.4. The van der Waals surface area contributed by atoms with Crippen LogP contribution in [0.2, 0.25) is 0 Å².